The summed E-state index contributed by atoms with van der Waals surface area (Å²) >= 11 is 0. The van der Waals surface area contributed by atoms with E-state index in [-0.39, 0.29) is 5.91 Å². The molecule has 0 saturated carbocycles. The highest BCUT2D eigenvalue weighted by atomic mass is 16.2. The Morgan fingerprint density at radius 1 is 1.00 bits per heavy atom. The summed E-state index contributed by atoms with van der Waals surface area (Å²) in [6.45, 7) is 1.64. The molecule has 0 unspecified atom stereocenters. The topological polar surface area (TPSA) is 20.3 Å². The zero-order valence-corrected chi connectivity index (χ0v) is 10.8. The molecule has 0 radical (unpaired) electrons. The second-order valence-electron chi connectivity index (χ2n) is 4.81. The van der Waals surface area contributed by atoms with Crippen LogP contribution in [0, 0.1) is 0 Å². The summed E-state index contributed by atoms with van der Waals surface area (Å²) in [5, 5.41) is 0. The van der Waals surface area contributed by atoms with Crippen LogP contribution in [-0.4, -0.2) is 17.4 Å². The maximum Gasteiger partial charge on any atom is 0.223 e. The Morgan fingerprint density at radius 2 is 1.78 bits per heavy atom. The second kappa shape index (κ2) is 7.00. The highest BCUT2D eigenvalue weighted by Gasteiger charge is 2.13. The Kier molecular flexibility index (Phi) is 5.00. The van der Waals surface area contributed by atoms with E-state index in [9.17, 15) is 4.79 Å². The molecule has 0 aliphatic carbocycles. The summed E-state index contributed by atoms with van der Waals surface area (Å²) in [6, 6.07) is 10.3. The first-order chi connectivity index (χ1) is 8.86. The third-order valence-electron chi connectivity index (χ3n) is 3.31. The van der Waals surface area contributed by atoms with Crippen LogP contribution in [0.25, 0.3) is 0 Å². The first-order valence-corrected chi connectivity index (χ1v) is 6.83. The van der Waals surface area contributed by atoms with E-state index in [0.717, 1.165) is 32.4 Å². The highest BCUT2D eigenvalue weighted by molar-refractivity contribution is 5.76. The third kappa shape index (κ3) is 4.02. The predicted molar refractivity (Wildman–Crippen MR) is 74.1 cm³/mol. The number of carbonyl (C=O) groups excluding carboxylic acids is 1. The van der Waals surface area contributed by atoms with Gasteiger partial charge < -0.3 is 4.90 Å². The van der Waals surface area contributed by atoms with E-state index in [2.05, 4.69) is 24.3 Å². The van der Waals surface area contributed by atoms with Crippen molar-refractivity contribution >= 4 is 5.91 Å². The SMILES string of the molecule is O=C1CC/C=C\CCCCN1Cc1ccccc1. The molecule has 1 aromatic rings. The number of carbonyl (C=O) groups is 1. The summed E-state index contributed by atoms with van der Waals surface area (Å²) in [5.41, 5.74) is 1.22. The number of nitrogens with zero attached hydrogens (tertiary/aromatic N) is 1. The van der Waals surface area contributed by atoms with Gasteiger partial charge in [0.1, 0.15) is 0 Å². The molecule has 0 N–H and O–H groups in total. The molecule has 2 heteroatoms. The second-order valence-corrected chi connectivity index (χ2v) is 4.81. The first kappa shape index (κ1) is 12.9. The molecular formula is C16H21NO. The fraction of sp³-hybridized carbons (Fsp3) is 0.438. The van der Waals surface area contributed by atoms with Crippen molar-refractivity contribution < 1.29 is 4.79 Å². The van der Waals surface area contributed by atoms with Crippen molar-refractivity contribution in [2.75, 3.05) is 6.54 Å². The zero-order valence-electron chi connectivity index (χ0n) is 10.8. The molecule has 0 saturated heterocycles. The summed E-state index contributed by atoms with van der Waals surface area (Å²) in [4.78, 5) is 14.1. The molecule has 0 spiro atoms. The van der Waals surface area contributed by atoms with Crippen LogP contribution in [0.5, 0.6) is 0 Å². The van der Waals surface area contributed by atoms with Gasteiger partial charge in [-0.2, -0.15) is 0 Å². The van der Waals surface area contributed by atoms with Gasteiger partial charge in [-0.3, -0.25) is 4.79 Å². The molecule has 0 fully saturated rings. The van der Waals surface area contributed by atoms with Gasteiger partial charge in [0.05, 0.1) is 0 Å². The van der Waals surface area contributed by atoms with Crippen molar-refractivity contribution in [2.24, 2.45) is 0 Å². The molecule has 0 atom stereocenters. The van der Waals surface area contributed by atoms with Gasteiger partial charge in [0.15, 0.2) is 0 Å². The van der Waals surface area contributed by atoms with E-state index in [1.807, 2.05) is 23.1 Å². The van der Waals surface area contributed by atoms with Crippen LogP contribution in [0.3, 0.4) is 0 Å². The number of benzene rings is 1. The molecule has 1 aromatic carbocycles. The van der Waals surface area contributed by atoms with Crippen molar-refractivity contribution in [3.8, 4) is 0 Å². The average Bonchev–Trinajstić information content (AvgIpc) is 2.41. The summed E-state index contributed by atoms with van der Waals surface area (Å²) in [6.07, 6.45) is 9.29. The Morgan fingerprint density at radius 3 is 2.61 bits per heavy atom. The highest BCUT2D eigenvalue weighted by Crippen LogP contribution is 2.11. The van der Waals surface area contributed by atoms with Crippen LogP contribution in [0.4, 0.5) is 0 Å². The van der Waals surface area contributed by atoms with Crippen LogP contribution in [0.1, 0.15) is 37.7 Å². The van der Waals surface area contributed by atoms with Crippen molar-refractivity contribution in [1.82, 2.24) is 4.90 Å². The number of hydrogen-bond acceptors (Lipinski definition) is 1. The zero-order chi connectivity index (χ0) is 12.6. The van der Waals surface area contributed by atoms with Crippen LogP contribution in [0.2, 0.25) is 0 Å². The summed E-state index contributed by atoms with van der Waals surface area (Å²) in [5.74, 6) is 0.283. The summed E-state index contributed by atoms with van der Waals surface area (Å²) in [7, 11) is 0. The molecule has 96 valence electrons. The van der Waals surface area contributed by atoms with Crippen molar-refractivity contribution in [1.29, 1.82) is 0 Å². The Bertz CT molecular complexity index is 397. The number of amides is 1. The molecule has 2 rings (SSSR count). The van der Waals surface area contributed by atoms with Gasteiger partial charge in [0.2, 0.25) is 5.91 Å². The Hall–Kier alpha value is -1.57. The molecule has 0 bridgehead atoms. The smallest absolute Gasteiger partial charge is 0.223 e. The Labute approximate surface area is 109 Å². The standard InChI is InChI=1S/C16H21NO/c18-16-12-8-3-1-2-4-9-13-17(16)14-15-10-6-5-7-11-15/h1,3,5-7,10-11H,2,4,8-9,12-14H2/b3-1-. The van der Waals surface area contributed by atoms with E-state index in [4.69, 9.17) is 0 Å². The van der Waals surface area contributed by atoms with Gasteiger partial charge >= 0.3 is 0 Å². The number of allylic oxidation sites excluding steroid dienone is 2. The quantitative estimate of drug-likeness (QED) is 0.728. The average molecular weight is 243 g/mol. The van der Waals surface area contributed by atoms with Crippen LogP contribution >= 0.6 is 0 Å². The molecule has 1 amide bonds. The lowest BCUT2D eigenvalue weighted by Crippen LogP contribution is -2.31. The fourth-order valence-corrected chi connectivity index (χ4v) is 2.26. The lowest BCUT2D eigenvalue weighted by atomic mass is 10.1. The van der Waals surface area contributed by atoms with Crippen LogP contribution in [0.15, 0.2) is 42.5 Å². The lowest BCUT2D eigenvalue weighted by Gasteiger charge is -2.23. The van der Waals surface area contributed by atoms with Gasteiger partial charge in [0, 0.05) is 19.5 Å². The van der Waals surface area contributed by atoms with Crippen LogP contribution < -0.4 is 0 Å². The minimum absolute atomic E-state index is 0.283. The number of hydrogen-bond donors (Lipinski definition) is 0. The van der Waals surface area contributed by atoms with E-state index in [1.165, 1.54) is 12.0 Å². The maximum atomic E-state index is 12.1. The van der Waals surface area contributed by atoms with Gasteiger partial charge in [-0.05, 0) is 31.2 Å². The molecule has 1 aliphatic heterocycles. The minimum Gasteiger partial charge on any atom is -0.338 e. The van der Waals surface area contributed by atoms with Gasteiger partial charge in [-0.25, -0.2) is 0 Å². The van der Waals surface area contributed by atoms with E-state index < -0.39 is 0 Å². The van der Waals surface area contributed by atoms with E-state index in [1.54, 1.807) is 0 Å². The molecule has 18 heavy (non-hydrogen) atoms. The van der Waals surface area contributed by atoms with Crippen molar-refractivity contribution in [2.45, 2.75) is 38.6 Å². The fourth-order valence-electron chi connectivity index (χ4n) is 2.26. The minimum atomic E-state index is 0.283. The van der Waals surface area contributed by atoms with Gasteiger partial charge in [-0.1, -0.05) is 42.5 Å². The molecule has 2 nitrogen and oxygen atoms in total. The number of rotatable bonds is 2. The van der Waals surface area contributed by atoms with Gasteiger partial charge in [-0.15, -0.1) is 0 Å². The van der Waals surface area contributed by atoms with Crippen LogP contribution in [-0.2, 0) is 11.3 Å². The molecule has 1 aliphatic rings. The first-order valence-electron chi connectivity index (χ1n) is 6.83. The molecule has 0 aromatic heterocycles. The normalized spacial score (nSPS) is 19.6. The monoisotopic (exact) mass is 243 g/mol. The van der Waals surface area contributed by atoms with Crippen molar-refractivity contribution in [3.63, 3.8) is 0 Å². The van der Waals surface area contributed by atoms with Crippen molar-refractivity contribution in [3.05, 3.63) is 48.0 Å². The molecular weight excluding hydrogens is 222 g/mol. The lowest BCUT2D eigenvalue weighted by molar-refractivity contribution is -0.131. The van der Waals surface area contributed by atoms with Gasteiger partial charge in [0.25, 0.3) is 0 Å². The molecule has 1 heterocycles. The largest absolute Gasteiger partial charge is 0.338 e. The maximum absolute atomic E-state index is 12.1. The Balaban J connectivity index is 1.99. The van der Waals surface area contributed by atoms with E-state index >= 15 is 0 Å². The predicted octanol–water partition coefficient (Wildman–Crippen LogP) is 3.54. The summed E-state index contributed by atoms with van der Waals surface area (Å²) < 4.78 is 0. The van der Waals surface area contributed by atoms with E-state index in [0.29, 0.717) is 6.42 Å². The third-order valence-corrected chi connectivity index (χ3v) is 3.31.